The molecule has 0 unspecified atom stereocenters. The normalized spacial score (nSPS) is 10.3. The van der Waals surface area contributed by atoms with Gasteiger partial charge in [0.2, 0.25) is 0 Å². The van der Waals surface area contributed by atoms with E-state index in [0.29, 0.717) is 22.2 Å². The molecule has 21 heavy (non-hydrogen) atoms. The topological polar surface area (TPSA) is 38.3 Å². The molecule has 0 spiro atoms. The Hall–Kier alpha value is -1.71. The van der Waals surface area contributed by atoms with E-state index in [9.17, 15) is 4.79 Å². The highest BCUT2D eigenvalue weighted by Gasteiger charge is 2.07. The van der Waals surface area contributed by atoms with Gasteiger partial charge >= 0.3 is 5.97 Å². The summed E-state index contributed by atoms with van der Waals surface area (Å²) in [5, 5.41) is 4.38. The summed E-state index contributed by atoms with van der Waals surface area (Å²) in [7, 11) is 1.37. The molecule has 0 radical (unpaired) electrons. The standard InChI is InChI=1S/C16H15Cl2NO2/c1-10-7-12(16(20)21-2)4-6-15(10)19-9-11-3-5-13(17)14(18)8-11/h3-8,19H,9H2,1-2H3. The zero-order valence-electron chi connectivity index (χ0n) is 11.7. The van der Waals surface area contributed by atoms with Crippen molar-refractivity contribution < 1.29 is 9.53 Å². The first-order valence-electron chi connectivity index (χ1n) is 6.38. The minimum absolute atomic E-state index is 0.339. The summed E-state index contributed by atoms with van der Waals surface area (Å²) in [6.07, 6.45) is 0. The van der Waals surface area contributed by atoms with Crippen LogP contribution in [0.4, 0.5) is 5.69 Å². The van der Waals surface area contributed by atoms with E-state index in [1.165, 1.54) is 7.11 Å². The molecule has 2 aromatic rings. The number of hydrogen-bond acceptors (Lipinski definition) is 3. The van der Waals surface area contributed by atoms with Crippen molar-refractivity contribution in [2.24, 2.45) is 0 Å². The van der Waals surface area contributed by atoms with Crippen LogP contribution in [-0.4, -0.2) is 13.1 Å². The Morgan fingerprint density at radius 2 is 1.90 bits per heavy atom. The van der Waals surface area contributed by atoms with Crippen LogP contribution in [0.1, 0.15) is 21.5 Å². The molecule has 0 saturated heterocycles. The maximum Gasteiger partial charge on any atom is 0.337 e. The number of anilines is 1. The molecule has 0 aliphatic heterocycles. The van der Waals surface area contributed by atoms with E-state index in [1.54, 1.807) is 18.2 Å². The fraction of sp³-hybridized carbons (Fsp3) is 0.188. The second kappa shape index (κ2) is 6.83. The van der Waals surface area contributed by atoms with Gasteiger partial charge < -0.3 is 10.1 Å². The Bertz CT molecular complexity index is 671. The monoisotopic (exact) mass is 323 g/mol. The number of esters is 1. The van der Waals surface area contributed by atoms with Crippen LogP contribution in [0.5, 0.6) is 0 Å². The number of aryl methyl sites for hydroxylation is 1. The molecule has 0 atom stereocenters. The van der Waals surface area contributed by atoms with Crippen molar-refractivity contribution in [3.8, 4) is 0 Å². The average Bonchev–Trinajstić information content (AvgIpc) is 2.48. The van der Waals surface area contributed by atoms with Crippen molar-refractivity contribution in [2.75, 3.05) is 12.4 Å². The van der Waals surface area contributed by atoms with Gasteiger partial charge in [0.05, 0.1) is 22.7 Å². The fourth-order valence-corrected chi connectivity index (χ4v) is 2.27. The van der Waals surface area contributed by atoms with Crippen LogP contribution in [0.2, 0.25) is 10.0 Å². The Kier molecular flexibility index (Phi) is 5.10. The molecule has 0 bridgehead atoms. The van der Waals surface area contributed by atoms with Crippen LogP contribution in [0, 0.1) is 6.92 Å². The van der Waals surface area contributed by atoms with Gasteiger partial charge in [0.25, 0.3) is 0 Å². The zero-order chi connectivity index (χ0) is 15.4. The molecule has 1 N–H and O–H groups in total. The van der Waals surface area contributed by atoms with Crippen molar-refractivity contribution in [2.45, 2.75) is 13.5 Å². The molecule has 0 fully saturated rings. The number of nitrogens with one attached hydrogen (secondary N) is 1. The highest BCUT2D eigenvalue weighted by atomic mass is 35.5. The third-order valence-corrected chi connectivity index (χ3v) is 3.85. The van der Waals surface area contributed by atoms with E-state index in [1.807, 2.05) is 25.1 Å². The zero-order valence-corrected chi connectivity index (χ0v) is 13.3. The summed E-state index contributed by atoms with van der Waals surface area (Å²) in [6.45, 7) is 2.55. The van der Waals surface area contributed by atoms with Gasteiger partial charge in [-0.2, -0.15) is 0 Å². The number of carbonyl (C=O) groups excluding carboxylic acids is 1. The van der Waals surface area contributed by atoms with Gasteiger partial charge in [-0.05, 0) is 48.4 Å². The van der Waals surface area contributed by atoms with Crippen LogP contribution in [0.15, 0.2) is 36.4 Å². The number of rotatable bonds is 4. The number of benzene rings is 2. The van der Waals surface area contributed by atoms with E-state index >= 15 is 0 Å². The summed E-state index contributed by atoms with van der Waals surface area (Å²) < 4.78 is 4.70. The van der Waals surface area contributed by atoms with Crippen LogP contribution in [-0.2, 0) is 11.3 Å². The molecule has 0 amide bonds. The highest BCUT2D eigenvalue weighted by Crippen LogP contribution is 2.24. The number of halogens is 2. The molecule has 3 nitrogen and oxygen atoms in total. The van der Waals surface area contributed by atoms with Crippen molar-refractivity contribution in [1.29, 1.82) is 0 Å². The SMILES string of the molecule is COC(=O)c1ccc(NCc2ccc(Cl)c(Cl)c2)c(C)c1. The molecule has 0 heterocycles. The Morgan fingerprint density at radius 1 is 1.14 bits per heavy atom. The third kappa shape index (κ3) is 3.90. The lowest BCUT2D eigenvalue weighted by Gasteiger charge is -2.11. The van der Waals surface area contributed by atoms with Crippen molar-refractivity contribution >= 4 is 34.9 Å². The molecular weight excluding hydrogens is 309 g/mol. The van der Waals surface area contributed by atoms with Gasteiger partial charge in [-0.25, -0.2) is 4.79 Å². The molecule has 0 saturated carbocycles. The first kappa shape index (κ1) is 15.7. The lowest BCUT2D eigenvalue weighted by Crippen LogP contribution is -2.04. The minimum Gasteiger partial charge on any atom is -0.465 e. The van der Waals surface area contributed by atoms with E-state index in [0.717, 1.165) is 16.8 Å². The quantitative estimate of drug-likeness (QED) is 0.829. The molecule has 0 aromatic heterocycles. The summed E-state index contributed by atoms with van der Waals surface area (Å²) in [5.41, 5.74) is 3.49. The molecule has 5 heteroatoms. The number of carbonyl (C=O) groups is 1. The second-order valence-corrected chi connectivity index (χ2v) is 5.44. The summed E-state index contributed by atoms with van der Waals surface area (Å²) >= 11 is 11.9. The van der Waals surface area contributed by atoms with Gasteiger partial charge in [0, 0.05) is 12.2 Å². The maximum absolute atomic E-state index is 11.5. The van der Waals surface area contributed by atoms with E-state index in [2.05, 4.69) is 5.32 Å². The Labute approximate surface area is 133 Å². The lowest BCUT2D eigenvalue weighted by atomic mass is 10.1. The van der Waals surface area contributed by atoms with Crippen molar-refractivity contribution in [3.05, 3.63) is 63.1 Å². The first-order chi connectivity index (χ1) is 10.0. The predicted octanol–water partition coefficient (Wildman–Crippen LogP) is 4.70. The van der Waals surface area contributed by atoms with E-state index in [-0.39, 0.29) is 5.97 Å². The first-order valence-corrected chi connectivity index (χ1v) is 7.13. The van der Waals surface area contributed by atoms with Gasteiger partial charge in [-0.15, -0.1) is 0 Å². The molecule has 2 rings (SSSR count). The van der Waals surface area contributed by atoms with Gasteiger partial charge in [-0.1, -0.05) is 29.3 Å². The number of ether oxygens (including phenoxy) is 1. The molecular formula is C16H15Cl2NO2. The van der Waals surface area contributed by atoms with E-state index in [4.69, 9.17) is 27.9 Å². The van der Waals surface area contributed by atoms with E-state index < -0.39 is 0 Å². The third-order valence-electron chi connectivity index (χ3n) is 3.11. The van der Waals surface area contributed by atoms with Crippen LogP contribution < -0.4 is 5.32 Å². The van der Waals surface area contributed by atoms with Gasteiger partial charge in [0.15, 0.2) is 0 Å². The van der Waals surface area contributed by atoms with Crippen molar-refractivity contribution in [1.82, 2.24) is 0 Å². The van der Waals surface area contributed by atoms with Gasteiger partial charge in [-0.3, -0.25) is 0 Å². The average molecular weight is 324 g/mol. The second-order valence-electron chi connectivity index (χ2n) is 4.62. The Balaban J connectivity index is 2.09. The highest BCUT2D eigenvalue weighted by molar-refractivity contribution is 6.42. The fourth-order valence-electron chi connectivity index (χ4n) is 1.95. The summed E-state index contributed by atoms with van der Waals surface area (Å²) in [4.78, 5) is 11.5. The summed E-state index contributed by atoms with van der Waals surface area (Å²) in [5.74, 6) is -0.339. The van der Waals surface area contributed by atoms with Crippen LogP contribution in [0.25, 0.3) is 0 Å². The van der Waals surface area contributed by atoms with Crippen LogP contribution >= 0.6 is 23.2 Å². The summed E-state index contributed by atoms with van der Waals surface area (Å²) in [6, 6.07) is 10.9. The maximum atomic E-state index is 11.5. The minimum atomic E-state index is -0.339. The molecule has 0 aliphatic carbocycles. The smallest absolute Gasteiger partial charge is 0.337 e. The largest absolute Gasteiger partial charge is 0.465 e. The molecule has 110 valence electrons. The molecule has 2 aromatic carbocycles. The van der Waals surface area contributed by atoms with Crippen molar-refractivity contribution in [3.63, 3.8) is 0 Å². The lowest BCUT2D eigenvalue weighted by molar-refractivity contribution is 0.0600. The van der Waals surface area contributed by atoms with Crippen LogP contribution in [0.3, 0.4) is 0 Å². The predicted molar refractivity (Wildman–Crippen MR) is 86.3 cm³/mol. The van der Waals surface area contributed by atoms with Gasteiger partial charge in [0.1, 0.15) is 0 Å². The Morgan fingerprint density at radius 3 is 2.52 bits per heavy atom. The number of methoxy groups -OCH3 is 1. The number of hydrogen-bond donors (Lipinski definition) is 1. The molecule has 0 aliphatic rings.